The van der Waals surface area contributed by atoms with Gasteiger partial charge in [0.1, 0.15) is 0 Å². The molecule has 0 bridgehead atoms. The summed E-state index contributed by atoms with van der Waals surface area (Å²) in [6.45, 7) is 0. The van der Waals surface area contributed by atoms with Crippen LogP contribution in [0.4, 0.5) is 0 Å². The van der Waals surface area contributed by atoms with E-state index in [9.17, 15) is 0 Å². The predicted octanol–water partition coefficient (Wildman–Crippen LogP) is 2.02. The van der Waals surface area contributed by atoms with Crippen molar-refractivity contribution in [1.29, 1.82) is 0 Å². The molecule has 0 spiro atoms. The molecule has 0 N–H and O–H groups in total. The first-order valence-electron chi connectivity index (χ1n) is 4.90. The fraction of sp³-hybridized carbons (Fsp3) is 0. The Bertz CT molecular complexity index is 749. The van der Waals surface area contributed by atoms with Gasteiger partial charge in [-0.05, 0) is 12.1 Å². The highest BCUT2D eigenvalue weighted by atomic mass is 16.4. The Morgan fingerprint density at radius 3 is 2.94 bits per heavy atom. The number of fused-ring (bicyclic) bond motifs is 5. The van der Waals surface area contributed by atoms with E-state index in [1.807, 2.05) is 28.7 Å². The smallest absolute Gasteiger partial charge is 0.310 e. The molecule has 0 fully saturated rings. The molecular weight excluding hydrogens is 204 g/mol. The monoisotopic (exact) mass is 210 g/mol. The Hall–Kier alpha value is -2.43. The van der Waals surface area contributed by atoms with Crippen LogP contribution in [0.15, 0.2) is 41.1 Å². The first-order chi connectivity index (χ1) is 7.93. The summed E-state index contributed by atoms with van der Waals surface area (Å²) in [5, 5.41) is 0. The minimum Gasteiger partial charge on any atom is -0.423 e. The van der Waals surface area contributed by atoms with Gasteiger partial charge in [0.25, 0.3) is 0 Å². The summed E-state index contributed by atoms with van der Waals surface area (Å²) in [6.07, 6.45) is 3.27. The molecule has 3 aromatic heterocycles. The number of hydrogen-bond donors (Lipinski definition) is 0. The number of hydrogen-bond acceptors (Lipinski definition) is 4. The fourth-order valence-corrected chi connectivity index (χ4v) is 1.90. The van der Waals surface area contributed by atoms with E-state index in [4.69, 9.17) is 4.42 Å². The Labute approximate surface area is 89.4 Å². The quantitative estimate of drug-likeness (QED) is 0.445. The van der Waals surface area contributed by atoms with Crippen LogP contribution in [0.5, 0.6) is 0 Å². The van der Waals surface area contributed by atoms with Crippen LogP contribution in [0.2, 0.25) is 0 Å². The van der Waals surface area contributed by atoms with Crippen molar-refractivity contribution in [2.75, 3.05) is 0 Å². The van der Waals surface area contributed by atoms with Crippen LogP contribution < -0.4 is 0 Å². The van der Waals surface area contributed by atoms with Gasteiger partial charge in [0.2, 0.25) is 5.65 Å². The molecule has 1 aromatic carbocycles. The summed E-state index contributed by atoms with van der Waals surface area (Å²) in [7, 11) is 0. The lowest BCUT2D eigenvalue weighted by molar-refractivity contribution is 0.643. The topological polar surface area (TPSA) is 56.2 Å². The molecule has 0 atom stereocenters. The Kier molecular flexibility index (Phi) is 1.26. The molecule has 16 heavy (non-hydrogen) atoms. The first kappa shape index (κ1) is 7.81. The average molecular weight is 210 g/mol. The van der Waals surface area contributed by atoms with Gasteiger partial charge in [-0.2, -0.15) is 4.98 Å². The molecule has 5 nitrogen and oxygen atoms in total. The second-order valence-electron chi connectivity index (χ2n) is 3.50. The van der Waals surface area contributed by atoms with Gasteiger partial charge in [0.15, 0.2) is 11.2 Å². The molecule has 0 unspecified atom stereocenters. The lowest BCUT2D eigenvalue weighted by Crippen LogP contribution is -1.84. The van der Waals surface area contributed by atoms with Gasteiger partial charge < -0.3 is 4.42 Å². The van der Waals surface area contributed by atoms with Crippen molar-refractivity contribution in [3.63, 3.8) is 0 Å². The van der Waals surface area contributed by atoms with Gasteiger partial charge in [-0.3, -0.25) is 0 Å². The molecule has 0 aliphatic carbocycles. The summed E-state index contributed by atoms with van der Waals surface area (Å²) < 4.78 is 7.48. The van der Waals surface area contributed by atoms with Crippen molar-refractivity contribution in [1.82, 2.24) is 19.4 Å². The fourth-order valence-electron chi connectivity index (χ4n) is 1.90. The van der Waals surface area contributed by atoms with E-state index in [0.29, 0.717) is 11.5 Å². The number of nitrogens with zero attached hydrogens (tertiary/aromatic N) is 4. The molecule has 0 saturated carbocycles. The predicted molar refractivity (Wildman–Crippen MR) is 58.1 cm³/mol. The minimum atomic E-state index is 0.530. The zero-order valence-electron chi connectivity index (χ0n) is 8.16. The van der Waals surface area contributed by atoms with Crippen LogP contribution in [-0.2, 0) is 0 Å². The van der Waals surface area contributed by atoms with Gasteiger partial charge in [0.05, 0.1) is 5.52 Å². The molecule has 0 aliphatic heterocycles. The molecule has 0 amide bonds. The highest BCUT2D eigenvalue weighted by molar-refractivity contribution is 5.83. The molecule has 0 radical (unpaired) electrons. The van der Waals surface area contributed by atoms with Gasteiger partial charge >= 0.3 is 5.84 Å². The van der Waals surface area contributed by atoms with E-state index in [-0.39, 0.29) is 0 Å². The molecule has 0 aliphatic rings. The zero-order valence-corrected chi connectivity index (χ0v) is 8.16. The van der Waals surface area contributed by atoms with Crippen LogP contribution >= 0.6 is 0 Å². The standard InChI is InChI=1S/C11H6N4O/c1-2-4-8-7(3-1)15-10-9(12-5-6-13-10)14-11(15)16-8/h1-6H. The summed E-state index contributed by atoms with van der Waals surface area (Å²) in [6, 6.07) is 7.77. The van der Waals surface area contributed by atoms with Crippen molar-refractivity contribution in [2.24, 2.45) is 0 Å². The second-order valence-corrected chi connectivity index (χ2v) is 3.50. The number of para-hydroxylation sites is 2. The summed E-state index contributed by atoms with van der Waals surface area (Å²) in [4.78, 5) is 12.7. The number of benzene rings is 1. The van der Waals surface area contributed by atoms with Crippen LogP contribution in [0.25, 0.3) is 28.2 Å². The van der Waals surface area contributed by atoms with Crippen LogP contribution in [0.1, 0.15) is 0 Å². The highest BCUT2D eigenvalue weighted by Gasteiger charge is 2.13. The van der Waals surface area contributed by atoms with Gasteiger partial charge in [-0.25, -0.2) is 14.4 Å². The highest BCUT2D eigenvalue weighted by Crippen LogP contribution is 2.22. The lowest BCUT2D eigenvalue weighted by Gasteiger charge is -1.89. The number of oxazole rings is 1. The first-order valence-corrected chi connectivity index (χ1v) is 4.90. The van der Waals surface area contributed by atoms with E-state index in [1.165, 1.54) is 0 Å². The van der Waals surface area contributed by atoms with Crippen LogP contribution in [0.3, 0.4) is 0 Å². The summed E-state index contributed by atoms with van der Waals surface area (Å²) in [5.74, 6) is 0.530. The maximum absolute atomic E-state index is 5.61. The number of rotatable bonds is 0. The van der Waals surface area contributed by atoms with Crippen molar-refractivity contribution < 1.29 is 4.42 Å². The normalized spacial score (nSPS) is 11.8. The van der Waals surface area contributed by atoms with Crippen molar-refractivity contribution >= 4 is 28.2 Å². The van der Waals surface area contributed by atoms with Crippen molar-refractivity contribution in [3.05, 3.63) is 36.7 Å². The largest absolute Gasteiger partial charge is 0.423 e. The summed E-state index contributed by atoms with van der Waals surface area (Å²) >= 11 is 0. The zero-order chi connectivity index (χ0) is 10.5. The molecule has 5 heteroatoms. The van der Waals surface area contributed by atoms with E-state index >= 15 is 0 Å². The Balaban J connectivity index is 2.38. The van der Waals surface area contributed by atoms with E-state index < -0.39 is 0 Å². The SMILES string of the molecule is c1ccc2c(c1)oc1nc3nccnc3n12. The summed E-state index contributed by atoms with van der Waals surface area (Å²) in [5.41, 5.74) is 3.09. The van der Waals surface area contributed by atoms with E-state index in [2.05, 4.69) is 15.0 Å². The average Bonchev–Trinajstić information content (AvgIpc) is 2.83. The number of imidazole rings is 1. The van der Waals surface area contributed by atoms with E-state index in [1.54, 1.807) is 12.4 Å². The van der Waals surface area contributed by atoms with Gasteiger partial charge in [-0.15, -0.1) is 0 Å². The molecule has 4 aromatic rings. The second kappa shape index (κ2) is 2.57. The lowest BCUT2D eigenvalue weighted by atomic mass is 10.3. The molecule has 0 saturated heterocycles. The maximum Gasteiger partial charge on any atom is 0.310 e. The third-order valence-electron chi connectivity index (χ3n) is 2.57. The molecular formula is C11H6N4O. The van der Waals surface area contributed by atoms with E-state index in [0.717, 1.165) is 16.7 Å². The van der Waals surface area contributed by atoms with Crippen LogP contribution in [0, 0.1) is 0 Å². The van der Waals surface area contributed by atoms with Crippen molar-refractivity contribution in [3.8, 4) is 0 Å². The Morgan fingerprint density at radius 2 is 1.94 bits per heavy atom. The molecule has 76 valence electrons. The maximum atomic E-state index is 5.61. The van der Waals surface area contributed by atoms with Gasteiger partial charge in [0, 0.05) is 12.4 Å². The van der Waals surface area contributed by atoms with Crippen LogP contribution in [-0.4, -0.2) is 19.4 Å². The number of aromatic nitrogens is 4. The Morgan fingerprint density at radius 1 is 1.06 bits per heavy atom. The third-order valence-corrected chi connectivity index (χ3v) is 2.57. The molecule has 4 rings (SSSR count). The minimum absolute atomic E-state index is 0.530. The van der Waals surface area contributed by atoms with Gasteiger partial charge in [-0.1, -0.05) is 12.1 Å². The third kappa shape index (κ3) is 0.826. The van der Waals surface area contributed by atoms with Crippen molar-refractivity contribution in [2.45, 2.75) is 0 Å². The molecule has 3 heterocycles.